The lowest BCUT2D eigenvalue weighted by atomic mass is 10.0. The maximum absolute atomic E-state index is 13.5. The molecule has 1 aromatic carbocycles. The average molecular weight is 568 g/mol. The van der Waals surface area contributed by atoms with E-state index in [9.17, 15) is 19.2 Å². The molecule has 14 heteroatoms. The standard InChI is InChI=1S/C26H33N9O4S/c1-15(36)32-19(12-16-13-29-14-31-16)25(39)35-11-5-8-20(35)23(38)33-18(7-4-10-30-26(27)28)22(37)24-34-17-6-2-3-9-21(17)40-24/h2-3,6,9,13-14,18-20H,4-5,7-8,10-12H2,1H3,(H,29,31)(H,32,36)(H,33,38)(H4,27,28,30)/t18-,19+,20-/m0/s1. The lowest BCUT2D eigenvalue weighted by Gasteiger charge is -2.29. The van der Waals surface area contributed by atoms with E-state index in [0.29, 0.717) is 43.6 Å². The number of nitrogens with zero attached hydrogens (tertiary/aromatic N) is 3. The van der Waals surface area contributed by atoms with Crippen LogP contribution in [0, 0.1) is 5.41 Å². The first-order valence-electron chi connectivity index (χ1n) is 13.1. The monoisotopic (exact) mass is 567 g/mol. The summed E-state index contributed by atoms with van der Waals surface area (Å²) in [5.74, 6) is -1.67. The fourth-order valence-corrected chi connectivity index (χ4v) is 5.72. The Morgan fingerprint density at radius 3 is 2.73 bits per heavy atom. The molecule has 3 aromatic rings. The SMILES string of the molecule is CC(=O)N[C@H](Cc1cnc[nH]1)C(=O)N1CCC[C@H]1C(=O)N[C@@H](CCCNC(=N)N)C(=O)c1nc2ccccc2s1. The number of aromatic nitrogens is 3. The molecule has 2 aromatic heterocycles. The molecule has 7 N–H and O–H groups in total. The topological polar surface area (TPSA) is 199 Å². The van der Waals surface area contributed by atoms with Crippen molar-refractivity contribution < 1.29 is 19.2 Å². The average Bonchev–Trinajstić information content (AvgIpc) is 3.69. The van der Waals surface area contributed by atoms with Crippen LogP contribution < -0.4 is 21.7 Å². The van der Waals surface area contributed by atoms with Crippen molar-refractivity contribution in [1.29, 1.82) is 5.41 Å². The van der Waals surface area contributed by atoms with E-state index in [1.165, 1.54) is 29.5 Å². The van der Waals surface area contributed by atoms with E-state index >= 15 is 0 Å². The van der Waals surface area contributed by atoms with Crippen LogP contribution in [0.5, 0.6) is 0 Å². The summed E-state index contributed by atoms with van der Waals surface area (Å²) in [4.78, 5) is 65.3. The zero-order chi connectivity index (χ0) is 28.6. The van der Waals surface area contributed by atoms with Gasteiger partial charge in [-0.1, -0.05) is 12.1 Å². The number of benzene rings is 1. The Balaban J connectivity index is 1.49. The predicted octanol–water partition coefficient (Wildman–Crippen LogP) is 0.689. The smallest absolute Gasteiger partial charge is 0.246 e. The van der Waals surface area contributed by atoms with E-state index in [0.717, 1.165) is 4.70 Å². The normalized spacial score (nSPS) is 16.3. The van der Waals surface area contributed by atoms with Crippen LogP contribution in [0.1, 0.15) is 48.1 Å². The van der Waals surface area contributed by atoms with Crippen LogP contribution >= 0.6 is 11.3 Å². The molecule has 0 spiro atoms. The number of likely N-dealkylation sites (tertiary alicyclic amines) is 1. The first kappa shape index (κ1) is 28.7. The number of amides is 3. The van der Waals surface area contributed by atoms with Crippen LogP contribution in [-0.4, -0.2) is 80.5 Å². The Morgan fingerprint density at radius 2 is 2.02 bits per heavy atom. The maximum atomic E-state index is 13.5. The molecule has 1 fully saturated rings. The van der Waals surface area contributed by atoms with Crippen LogP contribution in [0.15, 0.2) is 36.8 Å². The van der Waals surface area contributed by atoms with Gasteiger partial charge >= 0.3 is 0 Å². The number of nitrogens with one attached hydrogen (secondary N) is 5. The number of hydrogen-bond acceptors (Lipinski definition) is 8. The van der Waals surface area contributed by atoms with E-state index in [4.69, 9.17) is 11.1 Å². The van der Waals surface area contributed by atoms with Gasteiger partial charge in [0.05, 0.1) is 22.6 Å². The maximum Gasteiger partial charge on any atom is 0.246 e. The Kier molecular flexibility index (Phi) is 9.43. The lowest BCUT2D eigenvalue weighted by molar-refractivity contribution is -0.141. The summed E-state index contributed by atoms with van der Waals surface area (Å²) in [6, 6.07) is 4.88. The van der Waals surface area contributed by atoms with Gasteiger partial charge in [-0.25, -0.2) is 9.97 Å². The number of fused-ring (bicyclic) bond motifs is 1. The van der Waals surface area contributed by atoms with Crippen molar-refractivity contribution in [3.8, 4) is 0 Å². The number of H-pyrrole nitrogens is 1. The minimum Gasteiger partial charge on any atom is -0.370 e. The highest BCUT2D eigenvalue weighted by Crippen LogP contribution is 2.24. The summed E-state index contributed by atoms with van der Waals surface area (Å²) in [5, 5.41) is 15.9. The van der Waals surface area contributed by atoms with E-state index < -0.39 is 24.0 Å². The Labute approximate surface area is 234 Å². The van der Waals surface area contributed by atoms with Gasteiger partial charge in [0.15, 0.2) is 11.0 Å². The molecule has 4 rings (SSSR count). The van der Waals surface area contributed by atoms with Crippen LogP contribution in [0.25, 0.3) is 10.2 Å². The highest BCUT2D eigenvalue weighted by Gasteiger charge is 2.39. The molecule has 0 saturated carbocycles. The van der Waals surface area contributed by atoms with Crippen molar-refractivity contribution >= 4 is 51.0 Å². The summed E-state index contributed by atoms with van der Waals surface area (Å²) in [6.45, 7) is 2.05. The molecule has 1 aliphatic heterocycles. The Bertz CT molecular complexity index is 1340. The number of thiazole rings is 1. The van der Waals surface area contributed by atoms with Crippen molar-refractivity contribution in [3.05, 3.63) is 47.5 Å². The molecule has 13 nitrogen and oxygen atoms in total. The number of para-hydroxylation sites is 1. The molecule has 40 heavy (non-hydrogen) atoms. The number of aromatic amines is 1. The molecule has 212 valence electrons. The third kappa shape index (κ3) is 7.20. The molecule has 0 aliphatic carbocycles. The molecule has 3 amide bonds. The summed E-state index contributed by atoms with van der Waals surface area (Å²) in [6.07, 6.45) is 5.06. The number of carbonyl (C=O) groups is 4. The number of nitrogens with two attached hydrogens (primary N) is 1. The van der Waals surface area contributed by atoms with Crippen molar-refractivity contribution in [3.63, 3.8) is 0 Å². The third-order valence-electron chi connectivity index (χ3n) is 6.62. The van der Waals surface area contributed by atoms with Crippen LogP contribution in [0.4, 0.5) is 0 Å². The number of guanidine groups is 1. The Hall–Kier alpha value is -4.33. The molecule has 0 unspecified atom stereocenters. The van der Waals surface area contributed by atoms with Gasteiger partial charge in [0.2, 0.25) is 23.5 Å². The van der Waals surface area contributed by atoms with E-state index in [2.05, 4.69) is 30.9 Å². The van der Waals surface area contributed by atoms with Gasteiger partial charge in [-0.05, 0) is 37.8 Å². The van der Waals surface area contributed by atoms with Crippen LogP contribution in [0.3, 0.4) is 0 Å². The number of ketones is 1. The second kappa shape index (κ2) is 13.2. The van der Waals surface area contributed by atoms with Crippen LogP contribution in [0.2, 0.25) is 0 Å². The third-order valence-corrected chi connectivity index (χ3v) is 7.67. The molecule has 0 radical (unpaired) electrons. The molecular weight excluding hydrogens is 534 g/mol. The fourth-order valence-electron chi connectivity index (χ4n) is 4.76. The number of rotatable bonds is 12. The number of carbonyl (C=O) groups excluding carboxylic acids is 4. The van der Waals surface area contributed by atoms with E-state index in [1.807, 2.05) is 24.3 Å². The second-order valence-corrected chi connectivity index (χ2v) is 10.6. The van der Waals surface area contributed by atoms with Gasteiger partial charge in [0, 0.05) is 38.3 Å². The molecule has 3 heterocycles. The van der Waals surface area contributed by atoms with E-state index in [1.54, 1.807) is 6.20 Å². The minimum atomic E-state index is -0.879. The molecule has 1 saturated heterocycles. The largest absolute Gasteiger partial charge is 0.370 e. The fraction of sp³-hybridized carbons (Fsp3) is 0.423. The molecule has 1 aliphatic rings. The minimum absolute atomic E-state index is 0.179. The summed E-state index contributed by atoms with van der Waals surface area (Å²) in [7, 11) is 0. The van der Waals surface area contributed by atoms with Crippen LogP contribution in [-0.2, 0) is 20.8 Å². The van der Waals surface area contributed by atoms with Gasteiger partial charge in [-0.2, -0.15) is 0 Å². The zero-order valence-electron chi connectivity index (χ0n) is 22.1. The summed E-state index contributed by atoms with van der Waals surface area (Å²) >= 11 is 1.26. The first-order chi connectivity index (χ1) is 19.2. The van der Waals surface area contributed by atoms with Gasteiger partial charge < -0.3 is 31.6 Å². The predicted molar refractivity (Wildman–Crippen MR) is 150 cm³/mol. The zero-order valence-corrected chi connectivity index (χ0v) is 22.9. The van der Waals surface area contributed by atoms with E-state index in [-0.39, 0.29) is 41.4 Å². The van der Waals surface area contributed by atoms with Crippen molar-refractivity contribution in [1.82, 2.24) is 35.8 Å². The first-order valence-corrected chi connectivity index (χ1v) is 13.9. The number of imidazole rings is 1. The summed E-state index contributed by atoms with van der Waals surface area (Å²) < 4.78 is 0.864. The second-order valence-electron chi connectivity index (χ2n) is 9.62. The highest BCUT2D eigenvalue weighted by molar-refractivity contribution is 7.20. The number of Topliss-reactive ketones (excluding diaryl/α,β-unsaturated/α-hetero) is 1. The quantitative estimate of drug-likeness (QED) is 0.0794. The Morgan fingerprint density at radius 1 is 1.23 bits per heavy atom. The number of hydrogen-bond donors (Lipinski definition) is 6. The highest BCUT2D eigenvalue weighted by atomic mass is 32.1. The molecular formula is C26H33N9O4S. The van der Waals surface area contributed by atoms with Crippen molar-refractivity contribution in [2.75, 3.05) is 13.1 Å². The molecule has 0 bridgehead atoms. The lowest BCUT2D eigenvalue weighted by Crippen LogP contribution is -2.55. The molecule has 3 atom stereocenters. The van der Waals surface area contributed by atoms with Crippen molar-refractivity contribution in [2.24, 2.45) is 5.73 Å². The van der Waals surface area contributed by atoms with Gasteiger partial charge in [-0.15, -0.1) is 11.3 Å². The summed E-state index contributed by atoms with van der Waals surface area (Å²) in [5.41, 5.74) is 6.74. The van der Waals surface area contributed by atoms with Crippen molar-refractivity contribution in [2.45, 2.75) is 57.2 Å². The van der Waals surface area contributed by atoms with Gasteiger partial charge in [-0.3, -0.25) is 24.6 Å². The van der Waals surface area contributed by atoms with Gasteiger partial charge in [0.25, 0.3) is 0 Å². The van der Waals surface area contributed by atoms with Gasteiger partial charge in [0.1, 0.15) is 12.1 Å².